The van der Waals surface area contributed by atoms with Crippen LogP contribution in [0.25, 0.3) is 0 Å². The third kappa shape index (κ3) is 2.83. The molecule has 0 aliphatic carbocycles. The van der Waals surface area contributed by atoms with Crippen molar-refractivity contribution in [2.75, 3.05) is 19.7 Å². The lowest BCUT2D eigenvalue weighted by molar-refractivity contribution is -0.157. The molecule has 2 saturated heterocycles. The fraction of sp³-hybridized carbons (Fsp3) is 1.00. The second-order valence-corrected chi connectivity index (χ2v) is 6.25. The Morgan fingerprint density at radius 1 is 1.35 bits per heavy atom. The molecule has 3 atom stereocenters. The minimum atomic E-state index is -0.142. The van der Waals surface area contributed by atoms with Gasteiger partial charge in [-0.25, -0.2) is 0 Å². The number of piperidine rings is 1. The van der Waals surface area contributed by atoms with Gasteiger partial charge in [-0.1, -0.05) is 13.3 Å². The van der Waals surface area contributed by atoms with Gasteiger partial charge in [-0.2, -0.15) is 0 Å². The number of likely N-dealkylation sites (tertiary alicyclic amines) is 1. The van der Waals surface area contributed by atoms with Gasteiger partial charge >= 0.3 is 0 Å². The largest absolute Gasteiger partial charge is 0.359 e. The van der Waals surface area contributed by atoms with Gasteiger partial charge in [-0.3, -0.25) is 10.2 Å². The Morgan fingerprint density at radius 3 is 2.71 bits per heavy atom. The standard InChI is InChI=1S/C14H28N2O/c1-11(2)16-8-6-5-7-13(16)14(4)15-9-12(3)10-17-14/h11-13,15H,5-10H2,1-4H3. The van der Waals surface area contributed by atoms with Gasteiger partial charge in [0, 0.05) is 12.6 Å². The van der Waals surface area contributed by atoms with Crippen LogP contribution in [0.4, 0.5) is 0 Å². The van der Waals surface area contributed by atoms with Crippen LogP contribution >= 0.6 is 0 Å². The number of rotatable bonds is 2. The number of hydrogen-bond acceptors (Lipinski definition) is 3. The third-order valence-electron chi connectivity index (χ3n) is 4.31. The summed E-state index contributed by atoms with van der Waals surface area (Å²) in [4.78, 5) is 2.62. The number of ether oxygens (including phenoxy) is 1. The second-order valence-electron chi connectivity index (χ2n) is 6.25. The van der Waals surface area contributed by atoms with Crippen molar-refractivity contribution >= 4 is 0 Å². The van der Waals surface area contributed by atoms with Gasteiger partial charge < -0.3 is 4.74 Å². The smallest absolute Gasteiger partial charge is 0.132 e. The first-order valence-corrected chi connectivity index (χ1v) is 7.17. The number of nitrogens with one attached hydrogen (secondary N) is 1. The van der Waals surface area contributed by atoms with Crippen LogP contribution in [0.5, 0.6) is 0 Å². The molecule has 2 rings (SSSR count). The van der Waals surface area contributed by atoms with E-state index >= 15 is 0 Å². The first-order valence-electron chi connectivity index (χ1n) is 7.17. The summed E-state index contributed by atoms with van der Waals surface area (Å²) in [7, 11) is 0. The Bertz CT molecular complexity index is 247. The van der Waals surface area contributed by atoms with Gasteiger partial charge in [0.15, 0.2) is 0 Å². The molecule has 17 heavy (non-hydrogen) atoms. The Balaban J connectivity index is 2.07. The van der Waals surface area contributed by atoms with Crippen molar-refractivity contribution in [3.8, 4) is 0 Å². The molecule has 2 heterocycles. The van der Waals surface area contributed by atoms with Crippen LogP contribution in [0.2, 0.25) is 0 Å². The lowest BCUT2D eigenvalue weighted by Gasteiger charge is -2.50. The molecule has 0 spiro atoms. The summed E-state index contributed by atoms with van der Waals surface area (Å²) < 4.78 is 6.14. The average Bonchev–Trinajstić information content (AvgIpc) is 2.33. The van der Waals surface area contributed by atoms with E-state index in [0.29, 0.717) is 18.0 Å². The van der Waals surface area contributed by atoms with Crippen LogP contribution in [0, 0.1) is 5.92 Å². The lowest BCUT2D eigenvalue weighted by atomic mass is 9.90. The Kier molecular flexibility index (Phi) is 4.11. The topological polar surface area (TPSA) is 24.5 Å². The zero-order chi connectivity index (χ0) is 12.5. The number of hydrogen-bond donors (Lipinski definition) is 1. The van der Waals surface area contributed by atoms with E-state index < -0.39 is 0 Å². The van der Waals surface area contributed by atoms with Crippen molar-refractivity contribution < 1.29 is 4.74 Å². The van der Waals surface area contributed by atoms with Crippen molar-refractivity contribution in [1.82, 2.24) is 10.2 Å². The van der Waals surface area contributed by atoms with Gasteiger partial charge in [-0.05, 0) is 46.1 Å². The highest BCUT2D eigenvalue weighted by molar-refractivity contribution is 4.95. The van der Waals surface area contributed by atoms with Crippen molar-refractivity contribution in [1.29, 1.82) is 0 Å². The molecule has 0 aromatic rings. The van der Waals surface area contributed by atoms with Gasteiger partial charge in [0.05, 0.1) is 12.6 Å². The predicted octanol–water partition coefficient (Wildman–Crippen LogP) is 2.22. The van der Waals surface area contributed by atoms with E-state index in [1.165, 1.54) is 25.8 Å². The minimum absolute atomic E-state index is 0.142. The Morgan fingerprint density at radius 2 is 2.12 bits per heavy atom. The summed E-state index contributed by atoms with van der Waals surface area (Å²) in [5, 5.41) is 3.64. The molecule has 100 valence electrons. The minimum Gasteiger partial charge on any atom is -0.359 e. The summed E-state index contributed by atoms with van der Waals surface area (Å²) in [5.74, 6) is 0.638. The molecule has 0 aromatic heterocycles. The first kappa shape index (κ1) is 13.3. The van der Waals surface area contributed by atoms with E-state index in [0.717, 1.165) is 13.2 Å². The van der Waals surface area contributed by atoms with Crippen molar-refractivity contribution in [2.24, 2.45) is 5.92 Å². The zero-order valence-electron chi connectivity index (χ0n) is 11.8. The van der Waals surface area contributed by atoms with Crippen LogP contribution in [0.1, 0.15) is 47.0 Å². The highest BCUT2D eigenvalue weighted by Gasteiger charge is 2.42. The van der Waals surface area contributed by atoms with Gasteiger partial charge in [-0.15, -0.1) is 0 Å². The van der Waals surface area contributed by atoms with Crippen LogP contribution in [-0.4, -0.2) is 42.4 Å². The molecule has 0 saturated carbocycles. The van der Waals surface area contributed by atoms with Crippen LogP contribution in [-0.2, 0) is 4.74 Å². The molecule has 0 bridgehead atoms. The fourth-order valence-corrected chi connectivity index (χ4v) is 3.18. The molecule has 1 N–H and O–H groups in total. The van der Waals surface area contributed by atoms with E-state index in [1.54, 1.807) is 0 Å². The van der Waals surface area contributed by atoms with E-state index in [1.807, 2.05) is 0 Å². The predicted molar refractivity (Wildman–Crippen MR) is 71.0 cm³/mol. The van der Waals surface area contributed by atoms with E-state index in [2.05, 4.69) is 37.9 Å². The maximum absolute atomic E-state index is 6.14. The molecule has 0 amide bonds. The van der Waals surface area contributed by atoms with E-state index in [4.69, 9.17) is 4.74 Å². The maximum Gasteiger partial charge on any atom is 0.132 e. The first-order chi connectivity index (χ1) is 8.03. The summed E-state index contributed by atoms with van der Waals surface area (Å²) in [6.07, 6.45) is 3.93. The van der Waals surface area contributed by atoms with Crippen molar-refractivity contribution in [3.05, 3.63) is 0 Å². The van der Waals surface area contributed by atoms with Crippen molar-refractivity contribution in [2.45, 2.75) is 64.8 Å². The average molecular weight is 240 g/mol. The summed E-state index contributed by atoms with van der Waals surface area (Å²) in [6, 6.07) is 1.14. The fourth-order valence-electron chi connectivity index (χ4n) is 3.18. The van der Waals surface area contributed by atoms with Crippen LogP contribution < -0.4 is 5.32 Å². The zero-order valence-corrected chi connectivity index (χ0v) is 11.8. The van der Waals surface area contributed by atoms with Crippen molar-refractivity contribution in [3.63, 3.8) is 0 Å². The highest BCUT2D eigenvalue weighted by atomic mass is 16.5. The van der Waals surface area contributed by atoms with Crippen LogP contribution in [0.3, 0.4) is 0 Å². The Labute approximate surface area is 106 Å². The monoisotopic (exact) mass is 240 g/mol. The van der Waals surface area contributed by atoms with Gasteiger partial charge in [0.25, 0.3) is 0 Å². The number of nitrogens with zero attached hydrogens (tertiary/aromatic N) is 1. The molecule has 3 nitrogen and oxygen atoms in total. The van der Waals surface area contributed by atoms with Gasteiger partial charge in [0.1, 0.15) is 5.72 Å². The lowest BCUT2D eigenvalue weighted by Crippen LogP contribution is -2.66. The van der Waals surface area contributed by atoms with E-state index in [9.17, 15) is 0 Å². The molecule has 2 aliphatic rings. The van der Waals surface area contributed by atoms with Gasteiger partial charge in [0.2, 0.25) is 0 Å². The third-order valence-corrected chi connectivity index (χ3v) is 4.31. The molecular formula is C14H28N2O. The quantitative estimate of drug-likeness (QED) is 0.801. The molecular weight excluding hydrogens is 212 g/mol. The summed E-state index contributed by atoms with van der Waals surface area (Å²) in [5.41, 5.74) is -0.142. The van der Waals surface area contributed by atoms with Crippen LogP contribution in [0.15, 0.2) is 0 Å². The highest BCUT2D eigenvalue weighted by Crippen LogP contribution is 2.30. The molecule has 0 aromatic carbocycles. The molecule has 3 unspecified atom stereocenters. The molecule has 2 fully saturated rings. The molecule has 3 heteroatoms. The Hall–Kier alpha value is -0.120. The molecule has 0 radical (unpaired) electrons. The maximum atomic E-state index is 6.14. The van der Waals surface area contributed by atoms with E-state index in [-0.39, 0.29) is 5.72 Å². The SMILES string of the molecule is CC1CNC(C)(C2CCCCN2C(C)C)OC1. The second kappa shape index (κ2) is 5.25. The molecule has 2 aliphatic heterocycles. The summed E-state index contributed by atoms with van der Waals surface area (Å²) in [6.45, 7) is 12.3. The summed E-state index contributed by atoms with van der Waals surface area (Å²) >= 11 is 0. The normalized spacial score (nSPS) is 40.8.